The normalized spacial score (nSPS) is 12.3. The van der Waals surface area contributed by atoms with Crippen LogP contribution in [0.2, 0.25) is 0 Å². The van der Waals surface area contributed by atoms with Crippen molar-refractivity contribution in [2.75, 3.05) is 0 Å². The fraction of sp³-hybridized carbons (Fsp3) is 0.286. The molecule has 0 spiro atoms. The summed E-state index contributed by atoms with van der Waals surface area (Å²) in [6.45, 7) is 3.89. The van der Waals surface area contributed by atoms with E-state index in [-0.39, 0.29) is 0 Å². The van der Waals surface area contributed by atoms with Gasteiger partial charge >= 0.3 is 5.97 Å². The molecule has 0 aliphatic carbocycles. The molecule has 1 aromatic heterocycles. The van der Waals surface area contributed by atoms with E-state index in [0.717, 1.165) is 21.8 Å². The minimum Gasteiger partial charge on any atom is -0.481 e. The standard InChI is InChI=1S/C14H15NO2S/c1-9-4-3-5-11(6-9)13(14(16)17)7-12-8-18-10(2)15-12/h3-6,8,13H,7H2,1-2H3,(H,16,17). The summed E-state index contributed by atoms with van der Waals surface area (Å²) in [4.78, 5) is 15.7. The lowest BCUT2D eigenvalue weighted by molar-refractivity contribution is -0.138. The van der Waals surface area contributed by atoms with Gasteiger partial charge in [0.05, 0.1) is 16.6 Å². The number of carboxylic acid groups (broad SMARTS) is 1. The Morgan fingerprint density at radius 1 is 1.44 bits per heavy atom. The first kappa shape index (κ1) is 12.8. The summed E-state index contributed by atoms with van der Waals surface area (Å²) >= 11 is 1.55. The predicted molar refractivity (Wildman–Crippen MR) is 72.1 cm³/mol. The highest BCUT2D eigenvalue weighted by Crippen LogP contribution is 2.23. The van der Waals surface area contributed by atoms with Crippen LogP contribution in [0.15, 0.2) is 29.6 Å². The smallest absolute Gasteiger partial charge is 0.311 e. The fourth-order valence-corrected chi connectivity index (χ4v) is 2.57. The number of thiazole rings is 1. The number of hydrogen-bond acceptors (Lipinski definition) is 3. The SMILES string of the molecule is Cc1cccc(C(Cc2csc(C)n2)C(=O)O)c1. The second kappa shape index (κ2) is 5.31. The van der Waals surface area contributed by atoms with Crippen LogP contribution in [0.25, 0.3) is 0 Å². The lowest BCUT2D eigenvalue weighted by Gasteiger charge is -2.12. The topological polar surface area (TPSA) is 50.2 Å². The van der Waals surface area contributed by atoms with Crippen LogP contribution in [0.3, 0.4) is 0 Å². The highest BCUT2D eigenvalue weighted by Gasteiger charge is 2.21. The number of aromatic nitrogens is 1. The molecule has 0 radical (unpaired) electrons. The zero-order chi connectivity index (χ0) is 13.1. The molecule has 0 amide bonds. The zero-order valence-electron chi connectivity index (χ0n) is 10.4. The number of aryl methyl sites for hydroxylation is 2. The largest absolute Gasteiger partial charge is 0.481 e. The Morgan fingerprint density at radius 2 is 2.22 bits per heavy atom. The first-order valence-electron chi connectivity index (χ1n) is 5.76. The molecule has 2 rings (SSSR count). The van der Waals surface area contributed by atoms with E-state index in [9.17, 15) is 9.90 Å². The average molecular weight is 261 g/mol. The lowest BCUT2D eigenvalue weighted by atomic mass is 9.93. The van der Waals surface area contributed by atoms with Gasteiger partial charge in [-0.15, -0.1) is 11.3 Å². The minimum absolute atomic E-state index is 0.448. The van der Waals surface area contributed by atoms with Crippen molar-refractivity contribution in [2.24, 2.45) is 0 Å². The quantitative estimate of drug-likeness (QED) is 0.919. The third-order valence-corrected chi connectivity index (χ3v) is 3.64. The van der Waals surface area contributed by atoms with Crippen LogP contribution in [0, 0.1) is 13.8 Å². The van der Waals surface area contributed by atoms with Gasteiger partial charge in [0.1, 0.15) is 0 Å². The molecule has 4 heteroatoms. The van der Waals surface area contributed by atoms with E-state index >= 15 is 0 Å². The van der Waals surface area contributed by atoms with Crippen molar-refractivity contribution in [1.29, 1.82) is 0 Å². The third kappa shape index (κ3) is 2.96. The number of carbonyl (C=O) groups is 1. The molecule has 0 saturated heterocycles. The number of rotatable bonds is 4. The summed E-state index contributed by atoms with van der Waals surface area (Å²) in [5.74, 6) is -1.32. The van der Waals surface area contributed by atoms with Gasteiger partial charge in [0.2, 0.25) is 0 Å². The summed E-state index contributed by atoms with van der Waals surface area (Å²) in [7, 11) is 0. The molecule has 1 N–H and O–H groups in total. The molecule has 0 fully saturated rings. The van der Waals surface area contributed by atoms with Gasteiger partial charge in [-0.3, -0.25) is 4.79 Å². The molecule has 2 aromatic rings. The van der Waals surface area contributed by atoms with E-state index in [0.29, 0.717) is 6.42 Å². The Kier molecular flexibility index (Phi) is 3.77. The summed E-state index contributed by atoms with van der Waals surface area (Å²) < 4.78 is 0. The van der Waals surface area contributed by atoms with E-state index in [4.69, 9.17) is 0 Å². The van der Waals surface area contributed by atoms with Crippen molar-refractivity contribution < 1.29 is 9.90 Å². The van der Waals surface area contributed by atoms with Crippen LogP contribution in [0.4, 0.5) is 0 Å². The van der Waals surface area contributed by atoms with Crippen molar-refractivity contribution in [3.8, 4) is 0 Å². The molecule has 1 aromatic carbocycles. The van der Waals surface area contributed by atoms with E-state index in [1.807, 2.05) is 43.5 Å². The predicted octanol–water partition coefficient (Wildman–Crippen LogP) is 3.17. The van der Waals surface area contributed by atoms with Gasteiger partial charge in [-0.1, -0.05) is 29.8 Å². The number of benzene rings is 1. The monoisotopic (exact) mass is 261 g/mol. The maximum Gasteiger partial charge on any atom is 0.311 e. The molecule has 0 bridgehead atoms. The van der Waals surface area contributed by atoms with E-state index < -0.39 is 11.9 Å². The van der Waals surface area contributed by atoms with Gasteiger partial charge in [-0.05, 0) is 19.4 Å². The van der Waals surface area contributed by atoms with Crippen molar-refractivity contribution in [3.05, 3.63) is 51.5 Å². The summed E-state index contributed by atoms with van der Waals surface area (Å²) in [6, 6.07) is 7.66. The Labute approximate surface area is 110 Å². The van der Waals surface area contributed by atoms with Gasteiger partial charge in [0.15, 0.2) is 0 Å². The van der Waals surface area contributed by atoms with Crippen LogP contribution >= 0.6 is 11.3 Å². The van der Waals surface area contributed by atoms with Crippen molar-refractivity contribution in [3.63, 3.8) is 0 Å². The first-order valence-corrected chi connectivity index (χ1v) is 6.64. The maximum absolute atomic E-state index is 11.4. The Morgan fingerprint density at radius 3 is 2.78 bits per heavy atom. The van der Waals surface area contributed by atoms with Crippen molar-refractivity contribution >= 4 is 17.3 Å². The van der Waals surface area contributed by atoms with E-state index in [1.54, 1.807) is 11.3 Å². The molecule has 1 atom stereocenters. The number of carboxylic acids is 1. The minimum atomic E-state index is -0.800. The summed E-state index contributed by atoms with van der Waals surface area (Å²) in [5.41, 5.74) is 2.77. The number of nitrogens with zero attached hydrogens (tertiary/aromatic N) is 1. The molecule has 94 valence electrons. The lowest BCUT2D eigenvalue weighted by Crippen LogP contribution is -2.14. The number of hydrogen-bond donors (Lipinski definition) is 1. The van der Waals surface area contributed by atoms with Gasteiger partial charge in [0.25, 0.3) is 0 Å². The molecular weight excluding hydrogens is 246 g/mol. The molecule has 3 nitrogen and oxygen atoms in total. The van der Waals surface area contributed by atoms with Crippen molar-refractivity contribution in [2.45, 2.75) is 26.2 Å². The molecule has 0 aliphatic rings. The Bertz CT molecular complexity index is 562. The van der Waals surface area contributed by atoms with Crippen molar-refractivity contribution in [1.82, 2.24) is 4.98 Å². The highest BCUT2D eigenvalue weighted by molar-refractivity contribution is 7.09. The Balaban J connectivity index is 2.26. The second-order valence-electron chi connectivity index (χ2n) is 4.37. The fourth-order valence-electron chi connectivity index (χ4n) is 1.95. The third-order valence-electron chi connectivity index (χ3n) is 2.82. The van der Waals surface area contributed by atoms with Crippen LogP contribution in [0.5, 0.6) is 0 Å². The van der Waals surface area contributed by atoms with Crippen LogP contribution in [-0.2, 0) is 11.2 Å². The number of aliphatic carboxylic acids is 1. The molecule has 1 heterocycles. The summed E-state index contributed by atoms with van der Waals surface area (Å²) in [5, 5.41) is 12.3. The van der Waals surface area contributed by atoms with Crippen LogP contribution in [0.1, 0.15) is 27.7 Å². The summed E-state index contributed by atoms with van der Waals surface area (Å²) in [6.07, 6.45) is 0.448. The molecule has 0 aliphatic heterocycles. The van der Waals surface area contributed by atoms with Gasteiger partial charge in [-0.25, -0.2) is 4.98 Å². The molecule has 1 unspecified atom stereocenters. The molecule has 0 saturated carbocycles. The van der Waals surface area contributed by atoms with Crippen LogP contribution < -0.4 is 0 Å². The van der Waals surface area contributed by atoms with Gasteiger partial charge in [0, 0.05) is 11.8 Å². The zero-order valence-corrected chi connectivity index (χ0v) is 11.2. The van der Waals surface area contributed by atoms with E-state index in [1.165, 1.54) is 0 Å². The van der Waals surface area contributed by atoms with Gasteiger partial charge < -0.3 is 5.11 Å². The van der Waals surface area contributed by atoms with Gasteiger partial charge in [-0.2, -0.15) is 0 Å². The van der Waals surface area contributed by atoms with Crippen LogP contribution in [-0.4, -0.2) is 16.1 Å². The van der Waals surface area contributed by atoms with E-state index in [2.05, 4.69) is 4.98 Å². The first-order chi connectivity index (χ1) is 8.56. The molecule has 18 heavy (non-hydrogen) atoms. The maximum atomic E-state index is 11.4. The Hall–Kier alpha value is -1.68. The molecular formula is C14H15NO2S. The second-order valence-corrected chi connectivity index (χ2v) is 5.43. The average Bonchev–Trinajstić information content (AvgIpc) is 2.71. The highest BCUT2D eigenvalue weighted by atomic mass is 32.1.